The first-order valence-electron chi connectivity index (χ1n) is 8.56. The van der Waals surface area contributed by atoms with Gasteiger partial charge < -0.3 is 20.6 Å². The molecule has 0 spiro atoms. The first kappa shape index (κ1) is 22.1. The number of thiazole rings is 1. The molecule has 0 bridgehead atoms. The van der Waals surface area contributed by atoms with E-state index in [4.69, 9.17) is 11.3 Å². The van der Waals surface area contributed by atoms with Crippen LogP contribution in [-0.4, -0.2) is 68.7 Å². The number of carbonyl (C=O) groups is 4. The second-order valence-corrected chi connectivity index (χ2v) is 7.92. The lowest BCUT2D eigenvalue weighted by Crippen LogP contribution is -2.71. The average Bonchev–Trinajstić information content (AvgIpc) is 3.22. The molecule has 11 nitrogen and oxygen atoms in total. The smallest absolute Gasteiger partial charge is 0.352 e. The van der Waals surface area contributed by atoms with Gasteiger partial charge in [0.1, 0.15) is 22.8 Å². The molecule has 0 aromatic carbocycles. The van der Waals surface area contributed by atoms with Crippen molar-refractivity contribution in [2.45, 2.75) is 11.4 Å². The number of β-lactam (4-membered cyclic amide) rings is 1. The van der Waals surface area contributed by atoms with Crippen molar-refractivity contribution in [1.82, 2.24) is 15.2 Å². The van der Waals surface area contributed by atoms with Crippen LogP contribution >= 0.6 is 23.1 Å². The molecule has 0 radical (unpaired) electrons. The number of aliphatic carboxylic acids is 1. The number of rotatable bonds is 9. The van der Waals surface area contributed by atoms with Crippen molar-refractivity contribution >= 4 is 58.1 Å². The van der Waals surface area contributed by atoms with Gasteiger partial charge in [-0.1, -0.05) is 23.7 Å². The van der Waals surface area contributed by atoms with Crippen LogP contribution in [0.1, 0.15) is 5.69 Å². The number of carboxylic acid groups (broad SMARTS) is 1. The van der Waals surface area contributed by atoms with E-state index in [2.05, 4.69) is 33.3 Å². The number of oxime groups is 1. The summed E-state index contributed by atoms with van der Waals surface area (Å²) in [7, 11) is 0. The van der Waals surface area contributed by atoms with Gasteiger partial charge in [-0.3, -0.25) is 19.3 Å². The summed E-state index contributed by atoms with van der Waals surface area (Å²) < 4.78 is 0. The maximum absolute atomic E-state index is 12.8. The van der Waals surface area contributed by atoms with Crippen molar-refractivity contribution in [2.24, 2.45) is 5.16 Å². The summed E-state index contributed by atoms with van der Waals surface area (Å²) >= 11 is 2.35. The Labute approximate surface area is 184 Å². The summed E-state index contributed by atoms with van der Waals surface area (Å²) in [5, 5.41) is 19.2. The summed E-state index contributed by atoms with van der Waals surface area (Å²) in [6.45, 7) is 3.38. The van der Waals surface area contributed by atoms with E-state index < -0.39 is 29.2 Å². The first-order chi connectivity index (χ1) is 14.9. The molecule has 3 N–H and O–H groups in total. The van der Waals surface area contributed by atoms with E-state index in [0.717, 1.165) is 16.2 Å². The van der Waals surface area contributed by atoms with E-state index in [1.807, 2.05) is 0 Å². The van der Waals surface area contributed by atoms with E-state index in [0.29, 0.717) is 17.7 Å². The fraction of sp³-hybridized carbons (Fsp3) is 0.222. The van der Waals surface area contributed by atoms with Crippen molar-refractivity contribution in [1.29, 1.82) is 0 Å². The SMILES string of the molecule is C#CCO/N=C(\C(=O)NC1C(=O)N2C(C(=O)O)=C(C=C)CS[C@H]12)c1csc(NC=O)n1. The van der Waals surface area contributed by atoms with E-state index >= 15 is 0 Å². The molecule has 3 rings (SSSR count). The maximum atomic E-state index is 12.8. The van der Waals surface area contributed by atoms with Crippen LogP contribution in [0.2, 0.25) is 0 Å². The number of hydrogen-bond donors (Lipinski definition) is 3. The largest absolute Gasteiger partial charge is 0.477 e. The quantitative estimate of drug-likeness (QED) is 0.116. The van der Waals surface area contributed by atoms with Gasteiger partial charge >= 0.3 is 5.97 Å². The third-order valence-corrected chi connectivity index (χ3v) is 6.26. The Kier molecular flexibility index (Phi) is 6.73. The summed E-state index contributed by atoms with van der Waals surface area (Å²) in [5.41, 5.74) is 0.126. The fourth-order valence-electron chi connectivity index (χ4n) is 2.85. The number of carboxylic acids is 1. The molecule has 2 aliphatic rings. The molecule has 1 aromatic heterocycles. The van der Waals surface area contributed by atoms with Crippen LogP contribution < -0.4 is 10.6 Å². The Morgan fingerprint density at radius 2 is 2.32 bits per heavy atom. The predicted octanol–water partition coefficient (Wildman–Crippen LogP) is -0.0101. The van der Waals surface area contributed by atoms with E-state index in [9.17, 15) is 24.3 Å². The van der Waals surface area contributed by atoms with E-state index in [1.165, 1.54) is 23.2 Å². The molecular formula is C18H15N5O6S2. The molecule has 31 heavy (non-hydrogen) atoms. The topological polar surface area (TPSA) is 150 Å². The molecule has 0 saturated carbocycles. The number of fused-ring (bicyclic) bond motifs is 1. The van der Waals surface area contributed by atoms with Crippen LogP contribution in [0.4, 0.5) is 5.13 Å². The molecular weight excluding hydrogens is 446 g/mol. The van der Waals surface area contributed by atoms with E-state index in [1.54, 1.807) is 0 Å². The van der Waals surface area contributed by atoms with Gasteiger partial charge in [-0.2, -0.15) is 0 Å². The van der Waals surface area contributed by atoms with Crippen LogP contribution in [-0.2, 0) is 24.0 Å². The normalized spacial score (nSPS) is 20.2. The number of carbonyl (C=O) groups excluding carboxylic acids is 3. The Hall–Kier alpha value is -3.63. The Morgan fingerprint density at radius 1 is 1.55 bits per heavy atom. The number of hydrogen-bond acceptors (Lipinski definition) is 9. The zero-order valence-electron chi connectivity index (χ0n) is 15.7. The third kappa shape index (κ3) is 4.30. The van der Waals surface area contributed by atoms with Crippen molar-refractivity contribution < 1.29 is 29.1 Å². The summed E-state index contributed by atoms with van der Waals surface area (Å²) in [5.74, 6) is -0.0693. The maximum Gasteiger partial charge on any atom is 0.352 e. The summed E-state index contributed by atoms with van der Waals surface area (Å²) in [6.07, 6.45) is 6.94. The molecule has 13 heteroatoms. The number of anilines is 1. The Morgan fingerprint density at radius 3 is 2.97 bits per heavy atom. The zero-order valence-corrected chi connectivity index (χ0v) is 17.4. The molecule has 3 amide bonds. The fourth-order valence-corrected chi connectivity index (χ4v) is 4.84. The van der Waals surface area contributed by atoms with E-state index in [-0.39, 0.29) is 28.8 Å². The lowest BCUT2D eigenvalue weighted by Gasteiger charge is -2.49. The second-order valence-electron chi connectivity index (χ2n) is 5.96. The highest BCUT2D eigenvalue weighted by Gasteiger charge is 2.54. The zero-order chi connectivity index (χ0) is 22.5. The molecule has 2 aliphatic heterocycles. The number of thioether (sulfide) groups is 1. The van der Waals surface area contributed by atoms with Gasteiger partial charge in [0.25, 0.3) is 11.8 Å². The third-order valence-electron chi connectivity index (χ3n) is 4.18. The number of amides is 3. The van der Waals surface area contributed by atoms with Gasteiger partial charge in [-0.15, -0.1) is 29.5 Å². The van der Waals surface area contributed by atoms with Crippen LogP contribution in [0.3, 0.4) is 0 Å². The Bertz CT molecular complexity index is 1060. The minimum absolute atomic E-state index is 0.101. The number of terminal acetylenes is 1. The standard InChI is InChI=1S/C18H15N5O6S2/c1-3-5-29-22-11(10-7-31-18(20-10)19-8-24)14(25)21-12-15(26)23-13(17(27)28)9(4-2)6-30-16(12)23/h1,4,7-8,12,16H,2,5-6H2,(H,21,25)(H,27,28)(H,19,20,24)/b22-11-/t12?,16-/m1/s1. The lowest BCUT2D eigenvalue weighted by molar-refractivity contribution is -0.150. The van der Waals surface area contributed by atoms with Crippen molar-refractivity contribution in [3.05, 3.63) is 35.0 Å². The number of nitrogens with zero attached hydrogens (tertiary/aromatic N) is 3. The van der Waals surface area contributed by atoms with Gasteiger partial charge in [-0.05, 0) is 5.57 Å². The highest BCUT2D eigenvalue weighted by atomic mass is 32.2. The average molecular weight is 461 g/mol. The number of aromatic nitrogens is 1. The van der Waals surface area contributed by atoms with Crippen LogP contribution in [0.25, 0.3) is 0 Å². The second kappa shape index (κ2) is 9.45. The first-order valence-corrected chi connectivity index (χ1v) is 10.5. The molecule has 2 atom stereocenters. The Balaban J connectivity index is 1.80. The van der Waals surface area contributed by atoms with Gasteiger partial charge in [-0.25, -0.2) is 9.78 Å². The molecule has 1 aromatic rings. The number of allylic oxidation sites excluding steroid dienone is 1. The van der Waals surface area contributed by atoms with Crippen molar-refractivity contribution in [3.63, 3.8) is 0 Å². The monoisotopic (exact) mass is 461 g/mol. The van der Waals surface area contributed by atoms with Crippen LogP contribution in [0.5, 0.6) is 0 Å². The van der Waals surface area contributed by atoms with Crippen molar-refractivity contribution in [3.8, 4) is 12.3 Å². The minimum atomic E-state index is -1.25. The minimum Gasteiger partial charge on any atom is -0.477 e. The highest BCUT2D eigenvalue weighted by Crippen LogP contribution is 2.40. The predicted molar refractivity (Wildman–Crippen MR) is 113 cm³/mol. The number of nitrogens with one attached hydrogen (secondary N) is 2. The molecule has 1 unspecified atom stereocenters. The molecule has 1 saturated heterocycles. The van der Waals surface area contributed by atoms with Crippen LogP contribution in [0, 0.1) is 12.3 Å². The summed E-state index contributed by atoms with van der Waals surface area (Å²) in [6, 6.07) is -0.970. The summed E-state index contributed by atoms with van der Waals surface area (Å²) in [4.78, 5) is 57.7. The molecule has 0 aliphatic carbocycles. The van der Waals surface area contributed by atoms with Gasteiger partial charge in [0.15, 0.2) is 17.5 Å². The molecule has 1 fully saturated rings. The molecule has 160 valence electrons. The van der Waals surface area contributed by atoms with Gasteiger partial charge in [0.05, 0.1) is 0 Å². The molecule has 3 heterocycles. The van der Waals surface area contributed by atoms with Crippen LogP contribution in [0.15, 0.2) is 34.5 Å². The lowest BCUT2D eigenvalue weighted by atomic mass is 10.0. The highest BCUT2D eigenvalue weighted by molar-refractivity contribution is 8.00. The van der Waals surface area contributed by atoms with Gasteiger partial charge in [0.2, 0.25) is 6.41 Å². The van der Waals surface area contributed by atoms with Gasteiger partial charge in [0, 0.05) is 11.1 Å². The van der Waals surface area contributed by atoms with Crippen molar-refractivity contribution in [2.75, 3.05) is 17.7 Å².